The summed E-state index contributed by atoms with van der Waals surface area (Å²) in [5, 5.41) is 3.14. The number of imidazole rings is 1. The van der Waals surface area contributed by atoms with Crippen molar-refractivity contribution in [1.29, 1.82) is 0 Å². The number of halogens is 3. The highest BCUT2D eigenvalue weighted by atomic mass is 35.5. The molecule has 3 rings (SSSR count). The molecule has 0 aliphatic carbocycles. The SMILES string of the molecule is Cc1[nH]cnc1CSCCNc1ncc(Cc2ccccn2)c(=O)[nH]1.Cl.Cl.Cl. The molecule has 3 N–H and O–H groups in total. The van der Waals surface area contributed by atoms with Crippen LogP contribution in [0.4, 0.5) is 5.95 Å². The fraction of sp³-hybridized carbons (Fsp3) is 0.294. The van der Waals surface area contributed by atoms with Crippen LogP contribution in [0.1, 0.15) is 22.6 Å². The summed E-state index contributed by atoms with van der Waals surface area (Å²) < 4.78 is 0. The van der Waals surface area contributed by atoms with E-state index in [9.17, 15) is 4.79 Å². The first-order chi connectivity index (χ1) is 12.2. The second-order valence-electron chi connectivity index (χ2n) is 5.54. The van der Waals surface area contributed by atoms with Crippen molar-refractivity contribution >= 4 is 54.9 Å². The Hall–Kier alpha value is -1.74. The average Bonchev–Trinajstić information content (AvgIpc) is 3.03. The first kappa shape index (κ1) is 26.3. The molecule has 0 fully saturated rings. The number of pyridine rings is 1. The van der Waals surface area contributed by atoms with E-state index in [-0.39, 0.29) is 42.8 Å². The molecule has 0 radical (unpaired) electrons. The van der Waals surface area contributed by atoms with Gasteiger partial charge in [0, 0.05) is 53.8 Å². The van der Waals surface area contributed by atoms with Crippen LogP contribution in [0.15, 0.2) is 41.7 Å². The van der Waals surface area contributed by atoms with Crippen LogP contribution < -0.4 is 10.9 Å². The van der Waals surface area contributed by atoms with Crippen molar-refractivity contribution < 1.29 is 0 Å². The van der Waals surface area contributed by atoms with Crippen LogP contribution in [-0.4, -0.2) is 37.2 Å². The lowest BCUT2D eigenvalue weighted by Crippen LogP contribution is -2.18. The van der Waals surface area contributed by atoms with Crippen LogP contribution >= 0.6 is 49.0 Å². The third kappa shape index (κ3) is 7.71. The van der Waals surface area contributed by atoms with Gasteiger partial charge in [0.05, 0.1) is 12.0 Å². The molecule has 0 bridgehead atoms. The lowest BCUT2D eigenvalue weighted by molar-refractivity contribution is 0.982. The molecule has 0 atom stereocenters. The van der Waals surface area contributed by atoms with E-state index in [4.69, 9.17) is 0 Å². The zero-order valence-electron chi connectivity index (χ0n) is 15.2. The number of thioether (sulfide) groups is 1. The third-order valence-electron chi connectivity index (χ3n) is 3.68. The van der Waals surface area contributed by atoms with Gasteiger partial charge in [-0.1, -0.05) is 6.07 Å². The molecule has 7 nitrogen and oxygen atoms in total. The predicted octanol–water partition coefficient (Wildman–Crippen LogP) is 3.40. The third-order valence-corrected chi connectivity index (χ3v) is 4.65. The van der Waals surface area contributed by atoms with Crippen LogP contribution in [0.5, 0.6) is 0 Å². The monoisotopic (exact) mass is 464 g/mol. The molecule has 3 aromatic heterocycles. The van der Waals surface area contributed by atoms with E-state index in [0.717, 1.165) is 35.1 Å². The smallest absolute Gasteiger partial charge is 0.255 e. The number of aromatic amines is 2. The van der Waals surface area contributed by atoms with Crippen molar-refractivity contribution in [1.82, 2.24) is 24.9 Å². The zero-order chi connectivity index (χ0) is 17.5. The molecular formula is C17H23Cl3N6OS. The van der Waals surface area contributed by atoms with E-state index in [2.05, 4.69) is 30.2 Å². The van der Waals surface area contributed by atoms with E-state index < -0.39 is 0 Å². The lowest BCUT2D eigenvalue weighted by Gasteiger charge is -2.06. The van der Waals surface area contributed by atoms with Crippen molar-refractivity contribution in [3.8, 4) is 0 Å². The number of aryl methyl sites for hydroxylation is 1. The number of anilines is 1. The van der Waals surface area contributed by atoms with Gasteiger partial charge in [0.15, 0.2) is 0 Å². The van der Waals surface area contributed by atoms with E-state index in [1.807, 2.05) is 25.1 Å². The van der Waals surface area contributed by atoms with Gasteiger partial charge in [0.25, 0.3) is 5.56 Å². The minimum atomic E-state index is -0.136. The summed E-state index contributed by atoms with van der Waals surface area (Å²) in [6.45, 7) is 2.74. The predicted molar refractivity (Wildman–Crippen MR) is 122 cm³/mol. The van der Waals surface area contributed by atoms with Gasteiger partial charge in [-0.2, -0.15) is 11.8 Å². The number of hydrogen-bond acceptors (Lipinski definition) is 6. The molecule has 0 spiro atoms. The van der Waals surface area contributed by atoms with E-state index in [0.29, 0.717) is 17.9 Å². The zero-order valence-corrected chi connectivity index (χ0v) is 18.4. The highest BCUT2D eigenvalue weighted by Gasteiger charge is 2.05. The Balaban J connectivity index is 0.00000243. The molecule has 154 valence electrons. The molecule has 0 saturated heterocycles. The molecule has 3 heterocycles. The van der Waals surface area contributed by atoms with E-state index >= 15 is 0 Å². The molecule has 0 aliphatic rings. The Morgan fingerprint density at radius 3 is 2.61 bits per heavy atom. The van der Waals surface area contributed by atoms with Gasteiger partial charge in [-0.3, -0.25) is 14.8 Å². The molecule has 3 aromatic rings. The standard InChI is InChI=1S/C17H20N6OS.3ClH/c1-12-15(22-11-21-12)10-25-7-6-19-17-20-9-13(16(24)23-17)8-14-4-2-3-5-18-14;;;/h2-5,9,11H,6-8,10H2,1H3,(H,21,22)(H2,19,20,23,24);3*1H. The quantitative estimate of drug-likeness (QED) is 0.441. The molecule has 11 heteroatoms. The van der Waals surface area contributed by atoms with Crippen LogP contribution in [0, 0.1) is 6.92 Å². The van der Waals surface area contributed by atoms with Crippen molar-refractivity contribution in [2.24, 2.45) is 0 Å². The van der Waals surface area contributed by atoms with Crippen LogP contribution in [-0.2, 0) is 12.2 Å². The van der Waals surface area contributed by atoms with Crippen molar-refractivity contribution in [2.45, 2.75) is 19.1 Å². The first-order valence-electron chi connectivity index (χ1n) is 8.01. The number of aromatic nitrogens is 5. The number of hydrogen-bond donors (Lipinski definition) is 3. The molecule has 0 unspecified atom stereocenters. The van der Waals surface area contributed by atoms with Crippen LogP contribution in [0.3, 0.4) is 0 Å². The highest BCUT2D eigenvalue weighted by Crippen LogP contribution is 2.12. The first-order valence-corrected chi connectivity index (χ1v) is 9.16. The Morgan fingerprint density at radius 1 is 1.14 bits per heavy atom. The topological polar surface area (TPSA) is 99.3 Å². The summed E-state index contributed by atoms with van der Waals surface area (Å²) in [6.07, 6.45) is 5.51. The minimum Gasteiger partial charge on any atom is -0.355 e. The summed E-state index contributed by atoms with van der Waals surface area (Å²) in [4.78, 5) is 30.8. The van der Waals surface area contributed by atoms with Gasteiger partial charge in [-0.25, -0.2) is 9.97 Å². The summed E-state index contributed by atoms with van der Waals surface area (Å²) >= 11 is 1.78. The van der Waals surface area contributed by atoms with Crippen molar-refractivity contribution in [3.05, 3.63) is 69.9 Å². The maximum Gasteiger partial charge on any atom is 0.255 e. The number of nitrogens with one attached hydrogen (secondary N) is 3. The number of rotatable bonds is 8. The van der Waals surface area contributed by atoms with E-state index in [1.54, 1.807) is 30.5 Å². The second kappa shape index (κ2) is 13.4. The molecule has 0 aromatic carbocycles. The summed E-state index contributed by atoms with van der Waals surface area (Å²) in [5.74, 6) is 2.25. The largest absolute Gasteiger partial charge is 0.355 e. The van der Waals surface area contributed by atoms with Crippen LogP contribution in [0.25, 0.3) is 0 Å². The van der Waals surface area contributed by atoms with E-state index in [1.165, 1.54) is 0 Å². The Kier molecular flexibility index (Phi) is 12.6. The maximum absolute atomic E-state index is 12.1. The Labute approximate surface area is 186 Å². The Morgan fingerprint density at radius 2 is 1.96 bits per heavy atom. The van der Waals surface area contributed by atoms with Gasteiger partial charge in [0.1, 0.15) is 0 Å². The van der Waals surface area contributed by atoms with Crippen molar-refractivity contribution in [3.63, 3.8) is 0 Å². The molecular weight excluding hydrogens is 443 g/mol. The molecule has 0 saturated carbocycles. The normalized spacial score (nSPS) is 9.61. The number of nitrogens with zero attached hydrogens (tertiary/aromatic N) is 3. The molecule has 28 heavy (non-hydrogen) atoms. The summed E-state index contributed by atoms with van der Waals surface area (Å²) in [5.41, 5.74) is 3.50. The molecule has 0 amide bonds. The van der Waals surface area contributed by atoms with Gasteiger partial charge in [0.2, 0.25) is 5.95 Å². The van der Waals surface area contributed by atoms with Crippen molar-refractivity contribution in [2.75, 3.05) is 17.6 Å². The summed E-state index contributed by atoms with van der Waals surface area (Å²) in [6, 6.07) is 5.65. The van der Waals surface area contributed by atoms with Gasteiger partial charge in [-0.05, 0) is 19.1 Å². The Bertz CT molecular complexity index is 875. The van der Waals surface area contributed by atoms with Gasteiger partial charge in [-0.15, -0.1) is 37.2 Å². The molecule has 0 aliphatic heterocycles. The maximum atomic E-state index is 12.1. The lowest BCUT2D eigenvalue weighted by atomic mass is 10.2. The van der Waals surface area contributed by atoms with Crippen LogP contribution in [0.2, 0.25) is 0 Å². The summed E-state index contributed by atoms with van der Waals surface area (Å²) in [7, 11) is 0. The minimum absolute atomic E-state index is 0. The highest BCUT2D eigenvalue weighted by molar-refractivity contribution is 7.98. The average molecular weight is 466 g/mol. The fourth-order valence-electron chi connectivity index (χ4n) is 2.28. The number of H-pyrrole nitrogens is 2. The van der Waals surface area contributed by atoms with Gasteiger partial charge >= 0.3 is 0 Å². The second-order valence-corrected chi connectivity index (χ2v) is 6.64. The fourth-order valence-corrected chi connectivity index (χ4v) is 3.15. The van der Waals surface area contributed by atoms with Gasteiger partial charge < -0.3 is 10.3 Å².